The largest absolute Gasteiger partial charge is 0.359 e. The quantitative estimate of drug-likeness (QED) is 0.818. The van der Waals surface area contributed by atoms with Crippen LogP contribution in [0.3, 0.4) is 0 Å². The standard InChI is InChI=1S/C11H20N4/c1-3-14-7-4-5-10(9-14)15-8-6-13-11(15)12-2/h6,8,10H,3-5,7,9H2,1-2H3,(H,12,13). The molecule has 4 nitrogen and oxygen atoms in total. The number of likely N-dealkylation sites (N-methyl/N-ethyl adjacent to an activating group) is 1. The summed E-state index contributed by atoms with van der Waals surface area (Å²) >= 11 is 0. The molecule has 0 amide bonds. The van der Waals surface area contributed by atoms with Gasteiger partial charge in [0.15, 0.2) is 0 Å². The molecular formula is C11H20N4. The molecule has 84 valence electrons. The highest BCUT2D eigenvalue weighted by molar-refractivity contribution is 5.25. The molecule has 1 aliphatic rings. The SMILES string of the molecule is CCN1CCCC(n2ccnc2NC)C1. The van der Waals surface area contributed by atoms with Crippen molar-refractivity contribution in [3.05, 3.63) is 12.4 Å². The molecule has 1 atom stereocenters. The van der Waals surface area contributed by atoms with E-state index in [9.17, 15) is 0 Å². The van der Waals surface area contributed by atoms with Crippen molar-refractivity contribution in [1.29, 1.82) is 0 Å². The molecule has 0 saturated carbocycles. The third-order valence-corrected chi connectivity index (χ3v) is 3.21. The van der Waals surface area contributed by atoms with Crippen LogP contribution >= 0.6 is 0 Å². The molecule has 0 aliphatic carbocycles. The van der Waals surface area contributed by atoms with Gasteiger partial charge in [-0.1, -0.05) is 6.92 Å². The molecule has 0 aromatic carbocycles. The summed E-state index contributed by atoms with van der Waals surface area (Å²) in [7, 11) is 1.93. The first-order valence-electron chi connectivity index (χ1n) is 5.78. The van der Waals surface area contributed by atoms with E-state index in [-0.39, 0.29) is 0 Å². The number of hydrogen-bond donors (Lipinski definition) is 1. The second kappa shape index (κ2) is 4.66. The minimum Gasteiger partial charge on any atom is -0.359 e. The van der Waals surface area contributed by atoms with Gasteiger partial charge >= 0.3 is 0 Å². The number of nitrogens with one attached hydrogen (secondary N) is 1. The molecule has 1 fully saturated rings. The lowest BCUT2D eigenvalue weighted by molar-refractivity contribution is 0.186. The highest BCUT2D eigenvalue weighted by Gasteiger charge is 2.21. The van der Waals surface area contributed by atoms with Gasteiger partial charge in [0, 0.05) is 32.0 Å². The summed E-state index contributed by atoms with van der Waals surface area (Å²) in [4.78, 5) is 6.80. The van der Waals surface area contributed by atoms with Crippen LogP contribution in [-0.2, 0) is 0 Å². The van der Waals surface area contributed by atoms with Gasteiger partial charge in [-0.2, -0.15) is 0 Å². The first-order valence-corrected chi connectivity index (χ1v) is 5.78. The average molecular weight is 208 g/mol. The first kappa shape index (κ1) is 10.5. The Kier molecular flexibility index (Phi) is 3.26. The number of piperidine rings is 1. The number of nitrogens with zero attached hydrogens (tertiary/aromatic N) is 3. The zero-order valence-electron chi connectivity index (χ0n) is 9.61. The van der Waals surface area contributed by atoms with Crippen molar-refractivity contribution in [2.45, 2.75) is 25.8 Å². The minimum absolute atomic E-state index is 0.587. The van der Waals surface area contributed by atoms with Crippen molar-refractivity contribution in [2.75, 3.05) is 32.0 Å². The molecule has 2 heterocycles. The maximum Gasteiger partial charge on any atom is 0.202 e. The normalized spacial score (nSPS) is 22.9. The van der Waals surface area contributed by atoms with Crippen molar-refractivity contribution < 1.29 is 0 Å². The van der Waals surface area contributed by atoms with Gasteiger partial charge in [0.25, 0.3) is 0 Å². The smallest absolute Gasteiger partial charge is 0.202 e. The molecular weight excluding hydrogens is 188 g/mol. The number of aromatic nitrogens is 2. The molecule has 1 saturated heterocycles. The van der Waals surface area contributed by atoms with Gasteiger partial charge in [-0.05, 0) is 25.9 Å². The summed E-state index contributed by atoms with van der Waals surface area (Å²) in [6.45, 7) is 5.79. The minimum atomic E-state index is 0.587. The number of hydrogen-bond acceptors (Lipinski definition) is 3. The van der Waals surface area contributed by atoms with Crippen LogP contribution in [0.5, 0.6) is 0 Å². The lowest BCUT2D eigenvalue weighted by Gasteiger charge is -2.33. The summed E-state index contributed by atoms with van der Waals surface area (Å²) < 4.78 is 2.27. The van der Waals surface area contributed by atoms with Crippen LogP contribution < -0.4 is 5.32 Å². The van der Waals surface area contributed by atoms with Crippen molar-refractivity contribution in [3.8, 4) is 0 Å². The molecule has 15 heavy (non-hydrogen) atoms. The fourth-order valence-electron chi connectivity index (χ4n) is 2.35. The Labute approximate surface area is 91.3 Å². The summed E-state index contributed by atoms with van der Waals surface area (Å²) in [6, 6.07) is 0.587. The van der Waals surface area contributed by atoms with Crippen molar-refractivity contribution in [2.24, 2.45) is 0 Å². The summed E-state index contributed by atoms with van der Waals surface area (Å²) in [5, 5.41) is 3.14. The van der Waals surface area contributed by atoms with E-state index in [1.807, 2.05) is 13.2 Å². The van der Waals surface area contributed by atoms with Crippen LogP contribution in [0.15, 0.2) is 12.4 Å². The summed E-state index contributed by atoms with van der Waals surface area (Å²) in [6.07, 6.45) is 6.51. The van der Waals surface area contributed by atoms with E-state index in [4.69, 9.17) is 0 Å². The fraction of sp³-hybridized carbons (Fsp3) is 0.727. The summed E-state index contributed by atoms with van der Waals surface area (Å²) in [5.41, 5.74) is 0. The zero-order chi connectivity index (χ0) is 10.7. The Morgan fingerprint density at radius 3 is 3.20 bits per heavy atom. The predicted octanol–water partition coefficient (Wildman–Crippen LogP) is 1.58. The fourth-order valence-corrected chi connectivity index (χ4v) is 2.35. The molecule has 2 rings (SSSR count). The number of likely N-dealkylation sites (tertiary alicyclic amines) is 1. The van der Waals surface area contributed by atoms with Gasteiger partial charge < -0.3 is 14.8 Å². The maximum absolute atomic E-state index is 4.29. The Hall–Kier alpha value is -1.03. The average Bonchev–Trinajstić information content (AvgIpc) is 2.77. The second-order valence-corrected chi connectivity index (χ2v) is 4.10. The lowest BCUT2D eigenvalue weighted by Crippen LogP contribution is -2.36. The van der Waals surface area contributed by atoms with Gasteiger partial charge in [0.2, 0.25) is 5.95 Å². The van der Waals surface area contributed by atoms with E-state index >= 15 is 0 Å². The van der Waals surface area contributed by atoms with E-state index in [2.05, 4.69) is 32.9 Å². The van der Waals surface area contributed by atoms with E-state index in [1.165, 1.54) is 19.4 Å². The Morgan fingerprint density at radius 1 is 1.60 bits per heavy atom. The molecule has 0 spiro atoms. The summed E-state index contributed by atoms with van der Waals surface area (Å²) in [5.74, 6) is 0.984. The van der Waals surface area contributed by atoms with Gasteiger partial charge in [-0.25, -0.2) is 4.98 Å². The molecule has 1 aromatic rings. The van der Waals surface area contributed by atoms with Crippen molar-refractivity contribution in [3.63, 3.8) is 0 Å². The zero-order valence-corrected chi connectivity index (χ0v) is 9.61. The highest BCUT2D eigenvalue weighted by Crippen LogP contribution is 2.23. The van der Waals surface area contributed by atoms with Crippen LogP contribution in [0.2, 0.25) is 0 Å². The molecule has 4 heteroatoms. The number of anilines is 1. The van der Waals surface area contributed by atoms with Crippen molar-refractivity contribution in [1.82, 2.24) is 14.5 Å². The lowest BCUT2D eigenvalue weighted by atomic mass is 10.1. The van der Waals surface area contributed by atoms with Gasteiger partial charge in [-0.3, -0.25) is 0 Å². The van der Waals surface area contributed by atoms with Crippen molar-refractivity contribution >= 4 is 5.95 Å². The van der Waals surface area contributed by atoms with Crippen LogP contribution in [-0.4, -0.2) is 41.1 Å². The number of imidazole rings is 1. The van der Waals surface area contributed by atoms with Crippen LogP contribution in [0.4, 0.5) is 5.95 Å². The van der Waals surface area contributed by atoms with E-state index in [0.29, 0.717) is 6.04 Å². The Morgan fingerprint density at radius 2 is 2.47 bits per heavy atom. The van der Waals surface area contributed by atoms with Crippen LogP contribution in [0.25, 0.3) is 0 Å². The topological polar surface area (TPSA) is 33.1 Å². The molecule has 0 bridgehead atoms. The third kappa shape index (κ3) is 2.15. The third-order valence-electron chi connectivity index (χ3n) is 3.21. The Bertz CT molecular complexity index is 307. The van der Waals surface area contributed by atoms with Gasteiger partial charge in [0.05, 0.1) is 0 Å². The van der Waals surface area contributed by atoms with E-state index < -0.39 is 0 Å². The number of rotatable bonds is 3. The predicted molar refractivity (Wildman–Crippen MR) is 62.2 cm³/mol. The molecule has 0 radical (unpaired) electrons. The van der Waals surface area contributed by atoms with E-state index in [1.54, 1.807) is 0 Å². The molecule has 1 aromatic heterocycles. The highest BCUT2D eigenvalue weighted by atomic mass is 15.2. The van der Waals surface area contributed by atoms with Gasteiger partial charge in [-0.15, -0.1) is 0 Å². The van der Waals surface area contributed by atoms with Crippen LogP contribution in [0.1, 0.15) is 25.8 Å². The second-order valence-electron chi connectivity index (χ2n) is 4.10. The van der Waals surface area contributed by atoms with E-state index in [0.717, 1.165) is 19.0 Å². The molecule has 1 unspecified atom stereocenters. The van der Waals surface area contributed by atoms with Gasteiger partial charge in [0.1, 0.15) is 0 Å². The maximum atomic E-state index is 4.29. The molecule has 1 N–H and O–H groups in total. The molecule has 1 aliphatic heterocycles. The van der Waals surface area contributed by atoms with Crippen LogP contribution in [0, 0.1) is 0 Å². The monoisotopic (exact) mass is 208 g/mol. The Balaban J connectivity index is 2.09. The first-order chi connectivity index (χ1) is 7.35.